The third-order valence-corrected chi connectivity index (χ3v) is 5.32. The summed E-state index contributed by atoms with van der Waals surface area (Å²) < 4.78 is 0. The van der Waals surface area contributed by atoms with Crippen LogP contribution in [0.4, 0.5) is 0 Å². The maximum absolute atomic E-state index is 12.8. The van der Waals surface area contributed by atoms with E-state index in [0.717, 1.165) is 46.9 Å². The van der Waals surface area contributed by atoms with Gasteiger partial charge in [-0.1, -0.05) is 37.3 Å². The van der Waals surface area contributed by atoms with Crippen LogP contribution >= 0.6 is 11.3 Å². The quantitative estimate of drug-likeness (QED) is 0.853. The summed E-state index contributed by atoms with van der Waals surface area (Å²) in [7, 11) is 0. The van der Waals surface area contributed by atoms with Crippen LogP contribution in [0, 0.1) is 6.92 Å². The fourth-order valence-electron chi connectivity index (χ4n) is 2.96. The molecular formula is C17H20N2OS. The fraction of sp³-hybridized carbons (Fsp3) is 0.412. The van der Waals surface area contributed by atoms with Crippen molar-refractivity contribution in [1.82, 2.24) is 9.88 Å². The minimum atomic E-state index is 0.163. The lowest BCUT2D eigenvalue weighted by molar-refractivity contribution is 0.0737. The minimum Gasteiger partial charge on any atom is -0.335 e. The molecule has 3 rings (SSSR count). The average molecular weight is 300 g/mol. The molecule has 4 heteroatoms. The predicted molar refractivity (Wildman–Crippen MR) is 86.6 cm³/mol. The molecule has 2 heterocycles. The van der Waals surface area contributed by atoms with Crippen molar-refractivity contribution >= 4 is 17.2 Å². The van der Waals surface area contributed by atoms with E-state index < -0.39 is 0 Å². The Balaban J connectivity index is 1.89. The molecule has 1 aliphatic rings. The van der Waals surface area contributed by atoms with Gasteiger partial charge in [-0.25, -0.2) is 4.98 Å². The Bertz CT molecular complexity index is 635. The van der Waals surface area contributed by atoms with E-state index in [9.17, 15) is 4.79 Å². The molecule has 1 aromatic heterocycles. The molecule has 0 radical (unpaired) electrons. The Morgan fingerprint density at radius 1 is 1.38 bits per heavy atom. The molecule has 0 spiro atoms. The van der Waals surface area contributed by atoms with Crippen LogP contribution in [0.2, 0.25) is 0 Å². The smallest absolute Gasteiger partial charge is 0.266 e. The number of amides is 1. The largest absolute Gasteiger partial charge is 0.335 e. The first-order valence-electron chi connectivity index (χ1n) is 7.54. The molecule has 1 unspecified atom stereocenters. The van der Waals surface area contributed by atoms with Gasteiger partial charge in [0.25, 0.3) is 5.91 Å². The summed E-state index contributed by atoms with van der Waals surface area (Å²) in [6.07, 6.45) is 3.29. The maximum atomic E-state index is 12.8. The van der Waals surface area contributed by atoms with E-state index in [1.807, 2.05) is 42.2 Å². The Morgan fingerprint density at radius 3 is 2.86 bits per heavy atom. The van der Waals surface area contributed by atoms with Gasteiger partial charge in [0.2, 0.25) is 0 Å². The van der Waals surface area contributed by atoms with E-state index in [1.54, 1.807) is 0 Å². The molecule has 110 valence electrons. The predicted octanol–water partition coefficient (Wildman–Crippen LogP) is 4.13. The normalized spacial score (nSPS) is 18.2. The van der Waals surface area contributed by atoms with Crippen LogP contribution in [0.3, 0.4) is 0 Å². The molecule has 1 saturated heterocycles. The summed E-state index contributed by atoms with van der Waals surface area (Å²) in [6.45, 7) is 4.98. The van der Waals surface area contributed by atoms with Crippen LogP contribution in [0.25, 0.3) is 10.6 Å². The van der Waals surface area contributed by atoms with Gasteiger partial charge in [-0.3, -0.25) is 4.79 Å². The number of aryl methyl sites for hydroxylation is 1. The summed E-state index contributed by atoms with van der Waals surface area (Å²) in [4.78, 5) is 20.2. The van der Waals surface area contributed by atoms with E-state index in [4.69, 9.17) is 0 Å². The van der Waals surface area contributed by atoms with E-state index in [2.05, 4.69) is 11.9 Å². The van der Waals surface area contributed by atoms with Crippen molar-refractivity contribution in [3.63, 3.8) is 0 Å². The highest BCUT2D eigenvalue weighted by molar-refractivity contribution is 7.17. The van der Waals surface area contributed by atoms with Crippen molar-refractivity contribution in [3.8, 4) is 10.6 Å². The van der Waals surface area contributed by atoms with Crippen LogP contribution in [0.15, 0.2) is 30.3 Å². The molecular weight excluding hydrogens is 280 g/mol. The lowest BCUT2D eigenvalue weighted by Crippen LogP contribution is -2.34. The second kappa shape index (κ2) is 5.98. The topological polar surface area (TPSA) is 33.2 Å². The Hall–Kier alpha value is -1.68. The summed E-state index contributed by atoms with van der Waals surface area (Å²) in [6, 6.07) is 10.5. The van der Waals surface area contributed by atoms with Crippen LogP contribution < -0.4 is 0 Å². The first-order chi connectivity index (χ1) is 10.2. The second-order valence-corrected chi connectivity index (χ2v) is 6.50. The summed E-state index contributed by atoms with van der Waals surface area (Å²) >= 11 is 1.52. The van der Waals surface area contributed by atoms with Crippen LogP contribution in [0.1, 0.15) is 41.6 Å². The molecule has 1 aliphatic heterocycles. The molecule has 0 bridgehead atoms. The monoisotopic (exact) mass is 300 g/mol. The number of thiazole rings is 1. The third kappa shape index (κ3) is 2.72. The lowest BCUT2D eigenvalue weighted by atomic mass is 10.1. The Kier molecular flexibility index (Phi) is 4.06. The van der Waals surface area contributed by atoms with Crippen molar-refractivity contribution in [1.29, 1.82) is 0 Å². The van der Waals surface area contributed by atoms with Crippen molar-refractivity contribution in [2.24, 2.45) is 0 Å². The highest BCUT2D eigenvalue weighted by atomic mass is 32.1. The zero-order chi connectivity index (χ0) is 14.8. The number of hydrogen-bond acceptors (Lipinski definition) is 3. The van der Waals surface area contributed by atoms with Crippen LogP contribution in [-0.4, -0.2) is 28.4 Å². The number of carbonyl (C=O) groups is 1. The molecule has 2 aromatic rings. The van der Waals surface area contributed by atoms with E-state index in [-0.39, 0.29) is 5.91 Å². The summed E-state index contributed by atoms with van der Waals surface area (Å²) in [5.74, 6) is 0.163. The molecule has 0 aliphatic carbocycles. The Labute approximate surface area is 129 Å². The molecule has 1 amide bonds. The average Bonchev–Trinajstić information content (AvgIpc) is 3.13. The molecule has 21 heavy (non-hydrogen) atoms. The number of nitrogens with zero attached hydrogens (tertiary/aromatic N) is 2. The number of carbonyl (C=O) groups excluding carboxylic acids is 1. The zero-order valence-corrected chi connectivity index (χ0v) is 13.3. The fourth-order valence-corrected chi connectivity index (χ4v) is 3.98. The highest BCUT2D eigenvalue weighted by Gasteiger charge is 2.30. The standard InChI is InChI=1S/C17H20N2OS/c1-3-14-10-7-11-19(14)17(20)15-12(2)18-16(21-15)13-8-5-4-6-9-13/h4-6,8-9,14H,3,7,10-11H2,1-2H3. The third-order valence-electron chi connectivity index (χ3n) is 4.12. The lowest BCUT2D eigenvalue weighted by Gasteiger charge is -2.23. The van der Waals surface area contributed by atoms with Crippen molar-refractivity contribution in [2.45, 2.75) is 39.2 Å². The van der Waals surface area contributed by atoms with Gasteiger partial charge in [-0.15, -0.1) is 11.3 Å². The van der Waals surface area contributed by atoms with Gasteiger partial charge in [-0.05, 0) is 26.2 Å². The first-order valence-corrected chi connectivity index (χ1v) is 8.36. The number of aromatic nitrogens is 1. The van der Waals surface area contributed by atoms with E-state index in [1.165, 1.54) is 11.3 Å². The van der Waals surface area contributed by atoms with Crippen molar-refractivity contribution in [2.75, 3.05) is 6.54 Å². The van der Waals surface area contributed by atoms with Gasteiger partial charge >= 0.3 is 0 Å². The van der Waals surface area contributed by atoms with E-state index in [0.29, 0.717) is 6.04 Å². The van der Waals surface area contributed by atoms with Gasteiger partial charge in [0.15, 0.2) is 0 Å². The van der Waals surface area contributed by atoms with Gasteiger partial charge < -0.3 is 4.90 Å². The van der Waals surface area contributed by atoms with Crippen molar-refractivity contribution < 1.29 is 4.79 Å². The van der Waals surface area contributed by atoms with E-state index >= 15 is 0 Å². The van der Waals surface area contributed by atoms with Gasteiger partial charge in [0, 0.05) is 18.2 Å². The first kappa shape index (κ1) is 14.3. The summed E-state index contributed by atoms with van der Waals surface area (Å²) in [5, 5.41) is 0.934. The van der Waals surface area contributed by atoms with Gasteiger partial charge in [0.1, 0.15) is 9.88 Å². The summed E-state index contributed by atoms with van der Waals surface area (Å²) in [5.41, 5.74) is 1.93. The van der Waals surface area contributed by atoms with Crippen LogP contribution in [-0.2, 0) is 0 Å². The minimum absolute atomic E-state index is 0.163. The molecule has 3 nitrogen and oxygen atoms in total. The Morgan fingerprint density at radius 2 is 2.14 bits per heavy atom. The molecule has 0 saturated carbocycles. The van der Waals surface area contributed by atoms with Crippen LogP contribution in [0.5, 0.6) is 0 Å². The molecule has 1 atom stereocenters. The number of hydrogen-bond donors (Lipinski definition) is 0. The van der Waals surface area contributed by atoms with Gasteiger partial charge in [0.05, 0.1) is 5.69 Å². The molecule has 0 N–H and O–H groups in total. The maximum Gasteiger partial charge on any atom is 0.266 e. The zero-order valence-electron chi connectivity index (χ0n) is 12.5. The molecule has 1 aromatic carbocycles. The van der Waals surface area contributed by atoms with Gasteiger partial charge in [-0.2, -0.15) is 0 Å². The van der Waals surface area contributed by atoms with Crippen molar-refractivity contribution in [3.05, 3.63) is 40.9 Å². The number of benzene rings is 1. The molecule has 1 fully saturated rings. The highest BCUT2D eigenvalue weighted by Crippen LogP contribution is 2.31. The number of likely N-dealkylation sites (tertiary alicyclic amines) is 1. The second-order valence-electron chi connectivity index (χ2n) is 5.50. The SMILES string of the molecule is CCC1CCCN1C(=O)c1sc(-c2ccccc2)nc1C. The number of rotatable bonds is 3.